The molecule has 0 saturated carbocycles. The highest BCUT2D eigenvalue weighted by Gasteiger charge is 1.96. The monoisotopic (exact) mass is 294 g/mol. The highest BCUT2D eigenvalue weighted by molar-refractivity contribution is 7.99. The van der Waals surface area contributed by atoms with Crippen LogP contribution < -0.4 is 0 Å². The van der Waals surface area contributed by atoms with E-state index in [0.717, 1.165) is 11.4 Å². The first kappa shape index (κ1) is 16.2. The van der Waals surface area contributed by atoms with Gasteiger partial charge in [-0.15, -0.1) is 11.8 Å². The Morgan fingerprint density at radius 2 is 1.84 bits per heavy atom. The van der Waals surface area contributed by atoms with Gasteiger partial charge in [0.15, 0.2) is 0 Å². The van der Waals surface area contributed by atoms with E-state index in [1.807, 2.05) is 28.9 Å². The molecule has 0 spiro atoms. The second-order valence-corrected chi connectivity index (χ2v) is 5.65. The van der Waals surface area contributed by atoms with E-state index in [9.17, 15) is 0 Å². The first-order valence-corrected chi connectivity index (χ1v) is 8.25. The molecular weight excluding hydrogens is 272 g/mol. The van der Waals surface area contributed by atoms with Crippen LogP contribution in [0.3, 0.4) is 0 Å². The molecule has 1 aromatic carbocycles. The highest BCUT2D eigenvalue weighted by Crippen LogP contribution is 2.20. The molecule has 1 aromatic heterocycles. The molecule has 1 heterocycles. The zero-order valence-electron chi connectivity index (χ0n) is 11.6. The summed E-state index contributed by atoms with van der Waals surface area (Å²) in [6.07, 6.45) is 7.96. The van der Waals surface area contributed by atoms with Crippen LogP contribution in [0.5, 0.6) is 0 Å². The molecule has 104 valence electrons. The molecule has 0 unspecified atom stereocenters. The Morgan fingerprint density at radius 1 is 1.16 bits per heavy atom. The third-order valence-electron chi connectivity index (χ3n) is 2.34. The van der Waals surface area contributed by atoms with Crippen molar-refractivity contribution >= 4 is 24.4 Å². The summed E-state index contributed by atoms with van der Waals surface area (Å²) >= 11 is 5.82. The van der Waals surface area contributed by atoms with Crippen LogP contribution in [0.4, 0.5) is 0 Å². The number of thioether (sulfide) groups is 1. The topological polar surface area (TPSA) is 17.8 Å². The number of benzene rings is 1. The van der Waals surface area contributed by atoms with E-state index in [0.29, 0.717) is 0 Å². The SMILES string of the molecule is CCCS.CCCSc1ccc(-n2ccnc2)cc1. The lowest BCUT2D eigenvalue weighted by Gasteiger charge is -2.03. The zero-order valence-corrected chi connectivity index (χ0v) is 13.3. The van der Waals surface area contributed by atoms with Gasteiger partial charge in [0, 0.05) is 23.0 Å². The van der Waals surface area contributed by atoms with E-state index in [-0.39, 0.29) is 0 Å². The van der Waals surface area contributed by atoms with Gasteiger partial charge in [-0.05, 0) is 48.6 Å². The molecule has 19 heavy (non-hydrogen) atoms. The number of hydrogen-bond acceptors (Lipinski definition) is 3. The Hall–Kier alpha value is -0.870. The van der Waals surface area contributed by atoms with Gasteiger partial charge in [0.2, 0.25) is 0 Å². The van der Waals surface area contributed by atoms with Crippen molar-refractivity contribution < 1.29 is 0 Å². The van der Waals surface area contributed by atoms with Crippen LogP contribution in [0.15, 0.2) is 47.9 Å². The van der Waals surface area contributed by atoms with Crippen molar-refractivity contribution in [1.82, 2.24) is 9.55 Å². The third-order valence-corrected chi connectivity index (χ3v) is 4.00. The number of rotatable bonds is 5. The maximum absolute atomic E-state index is 4.03. The quantitative estimate of drug-likeness (QED) is 0.636. The fraction of sp³-hybridized carbons (Fsp3) is 0.400. The lowest BCUT2D eigenvalue weighted by molar-refractivity contribution is 1.05. The van der Waals surface area contributed by atoms with Crippen molar-refractivity contribution in [3.05, 3.63) is 43.0 Å². The number of imidazole rings is 1. The minimum absolute atomic E-state index is 1.01. The van der Waals surface area contributed by atoms with Crippen LogP contribution in [-0.2, 0) is 0 Å². The summed E-state index contributed by atoms with van der Waals surface area (Å²) in [6, 6.07) is 8.57. The third kappa shape index (κ3) is 6.21. The second kappa shape index (κ2) is 9.98. The van der Waals surface area contributed by atoms with Gasteiger partial charge in [0.1, 0.15) is 0 Å². The number of thiol groups is 1. The van der Waals surface area contributed by atoms with Gasteiger partial charge in [-0.1, -0.05) is 13.8 Å². The smallest absolute Gasteiger partial charge is 0.0991 e. The summed E-state index contributed by atoms with van der Waals surface area (Å²) in [4.78, 5) is 5.36. The van der Waals surface area contributed by atoms with Gasteiger partial charge < -0.3 is 4.57 Å². The summed E-state index contributed by atoms with van der Waals surface area (Å²) < 4.78 is 2.01. The molecule has 4 heteroatoms. The van der Waals surface area contributed by atoms with E-state index in [2.05, 4.69) is 55.7 Å². The van der Waals surface area contributed by atoms with E-state index in [1.165, 1.54) is 23.5 Å². The predicted octanol–water partition coefficient (Wildman–Crippen LogP) is 4.70. The molecule has 0 saturated heterocycles. The molecule has 0 N–H and O–H groups in total. The number of aromatic nitrogens is 2. The van der Waals surface area contributed by atoms with Gasteiger partial charge in [-0.2, -0.15) is 12.6 Å². The summed E-state index contributed by atoms with van der Waals surface area (Å²) in [7, 11) is 0. The van der Waals surface area contributed by atoms with Crippen molar-refractivity contribution in [2.45, 2.75) is 31.6 Å². The Balaban J connectivity index is 0.000000399. The minimum atomic E-state index is 1.01. The maximum Gasteiger partial charge on any atom is 0.0991 e. The van der Waals surface area contributed by atoms with Crippen LogP contribution in [0.1, 0.15) is 26.7 Å². The first-order valence-electron chi connectivity index (χ1n) is 6.63. The molecule has 0 aliphatic heterocycles. The molecule has 2 nitrogen and oxygen atoms in total. The lowest BCUT2D eigenvalue weighted by Crippen LogP contribution is -1.88. The molecule has 0 amide bonds. The fourth-order valence-corrected chi connectivity index (χ4v) is 2.11. The van der Waals surface area contributed by atoms with E-state index >= 15 is 0 Å². The summed E-state index contributed by atoms with van der Waals surface area (Å²) in [5, 5.41) is 0. The number of nitrogens with zero attached hydrogens (tertiary/aromatic N) is 2. The molecule has 0 aliphatic carbocycles. The van der Waals surface area contributed by atoms with E-state index in [4.69, 9.17) is 0 Å². The second-order valence-electron chi connectivity index (χ2n) is 4.04. The fourth-order valence-electron chi connectivity index (χ4n) is 1.35. The van der Waals surface area contributed by atoms with E-state index < -0.39 is 0 Å². The summed E-state index contributed by atoms with van der Waals surface area (Å²) in [6.45, 7) is 4.31. The van der Waals surface area contributed by atoms with E-state index in [1.54, 1.807) is 6.20 Å². The Kier molecular flexibility index (Phi) is 8.50. The normalized spacial score (nSPS) is 9.84. The van der Waals surface area contributed by atoms with Crippen molar-refractivity contribution in [3.63, 3.8) is 0 Å². The molecule has 0 radical (unpaired) electrons. The average Bonchev–Trinajstić information content (AvgIpc) is 3.00. The highest BCUT2D eigenvalue weighted by atomic mass is 32.2. The first-order chi connectivity index (χ1) is 9.31. The van der Waals surface area contributed by atoms with Crippen LogP contribution in [0.2, 0.25) is 0 Å². The van der Waals surface area contributed by atoms with Crippen molar-refractivity contribution in [1.29, 1.82) is 0 Å². The van der Waals surface area contributed by atoms with Gasteiger partial charge in [-0.3, -0.25) is 0 Å². The molecule has 2 rings (SSSR count). The Labute approximate surface area is 126 Å². The van der Waals surface area contributed by atoms with Gasteiger partial charge in [0.05, 0.1) is 6.33 Å². The van der Waals surface area contributed by atoms with Crippen LogP contribution >= 0.6 is 24.4 Å². The van der Waals surface area contributed by atoms with Crippen molar-refractivity contribution in [2.75, 3.05) is 11.5 Å². The molecule has 0 aliphatic rings. The minimum Gasteiger partial charge on any atom is -0.306 e. The molecule has 0 fully saturated rings. The van der Waals surface area contributed by atoms with Gasteiger partial charge in [-0.25, -0.2) is 4.98 Å². The largest absolute Gasteiger partial charge is 0.306 e. The van der Waals surface area contributed by atoms with Crippen molar-refractivity contribution in [3.8, 4) is 5.69 Å². The number of hydrogen-bond donors (Lipinski definition) is 1. The maximum atomic E-state index is 4.03. The molecular formula is C15H22N2S2. The van der Waals surface area contributed by atoms with Crippen LogP contribution in [0.25, 0.3) is 5.69 Å². The Morgan fingerprint density at radius 3 is 2.32 bits per heavy atom. The van der Waals surface area contributed by atoms with Gasteiger partial charge in [0.25, 0.3) is 0 Å². The molecule has 0 atom stereocenters. The summed E-state index contributed by atoms with van der Waals surface area (Å²) in [5.41, 5.74) is 1.16. The van der Waals surface area contributed by atoms with Crippen molar-refractivity contribution in [2.24, 2.45) is 0 Å². The molecule has 0 bridgehead atoms. The standard InChI is InChI=1S/C12H14N2S.C3H8S/c1-2-9-15-12-5-3-11(4-6-12)14-8-7-13-10-14;1-2-3-4/h3-8,10H,2,9H2,1H3;4H,2-3H2,1H3. The average molecular weight is 294 g/mol. The lowest BCUT2D eigenvalue weighted by atomic mass is 10.3. The zero-order chi connectivity index (χ0) is 13.9. The van der Waals surface area contributed by atoms with Crippen LogP contribution in [-0.4, -0.2) is 21.1 Å². The predicted molar refractivity (Wildman–Crippen MR) is 88.7 cm³/mol. The Bertz CT molecular complexity index is 422. The molecule has 2 aromatic rings. The summed E-state index contributed by atoms with van der Waals surface area (Å²) in [5.74, 6) is 2.20. The van der Waals surface area contributed by atoms with Gasteiger partial charge >= 0.3 is 0 Å². The van der Waals surface area contributed by atoms with Crippen LogP contribution in [0, 0.1) is 0 Å².